The highest BCUT2D eigenvalue weighted by Gasteiger charge is 2.37. The third kappa shape index (κ3) is 4.64. The van der Waals surface area contributed by atoms with E-state index in [-0.39, 0.29) is 11.2 Å². The Morgan fingerprint density at radius 2 is 1.67 bits per heavy atom. The standard InChI is InChI=1S/C15H28N2O4/c1-14(2)10-16(5-7-20-14)9-12(13(18)19)17-6-8-21-15(3,4)11-17/h12H,5-11H2,1-4H3,(H,18,19). The van der Waals surface area contributed by atoms with Crippen LogP contribution in [-0.2, 0) is 14.3 Å². The molecule has 0 aromatic heterocycles. The number of ether oxygens (including phenoxy) is 2. The summed E-state index contributed by atoms with van der Waals surface area (Å²) in [5.74, 6) is -0.753. The van der Waals surface area contributed by atoms with Crippen LogP contribution in [0.2, 0.25) is 0 Å². The molecule has 1 N–H and O–H groups in total. The SMILES string of the molecule is CC1(C)CN(CC(C(=O)O)N2CCOC(C)(C)C2)CCO1. The van der Waals surface area contributed by atoms with Crippen LogP contribution in [0.5, 0.6) is 0 Å². The van der Waals surface area contributed by atoms with E-state index in [9.17, 15) is 9.90 Å². The minimum absolute atomic E-state index is 0.203. The molecule has 1 unspecified atom stereocenters. The van der Waals surface area contributed by atoms with E-state index in [1.165, 1.54) is 0 Å². The molecule has 21 heavy (non-hydrogen) atoms. The molecule has 0 aromatic rings. The second-order valence-corrected chi connectivity index (χ2v) is 7.28. The zero-order chi connectivity index (χ0) is 15.7. The quantitative estimate of drug-likeness (QED) is 0.823. The number of carbonyl (C=O) groups is 1. The molecule has 2 fully saturated rings. The molecule has 0 spiro atoms. The van der Waals surface area contributed by atoms with E-state index in [1.54, 1.807) is 0 Å². The van der Waals surface area contributed by atoms with Crippen molar-refractivity contribution >= 4 is 5.97 Å². The first-order valence-corrected chi connectivity index (χ1v) is 7.66. The van der Waals surface area contributed by atoms with E-state index in [2.05, 4.69) is 4.90 Å². The van der Waals surface area contributed by atoms with Crippen molar-refractivity contribution in [2.45, 2.75) is 44.9 Å². The zero-order valence-electron chi connectivity index (χ0n) is 13.6. The van der Waals surface area contributed by atoms with Gasteiger partial charge in [-0.2, -0.15) is 0 Å². The molecule has 0 aromatic carbocycles. The number of hydrogen-bond acceptors (Lipinski definition) is 5. The van der Waals surface area contributed by atoms with Gasteiger partial charge in [-0.15, -0.1) is 0 Å². The summed E-state index contributed by atoms with van der Waals surface area (Å²) in [7, 11) is 0. The van der Waals surface area contributed by atoms with E-state index in [4.69, 9.17) is 9.47 Å². The number of rotatable bonds is 4. The van der Waals surface area contributed by atoms with Crippen LogP contribution in [0, 0.1) is 0 Å². The fraction of sp³-hybridized carbons (Fsp3) is 0.933. The monoisotopic (exact) mass is 300 g/mol. The van der Waals surface area contributed by atoms with Gasteiger partial charge in [-0.05, 0) is 27.7 Å². The molecule has 6 heteroatoms. The van der Waals surface area contributed by atoms with Gasteiger partial charge in [0, 0.05) is 32.7 Å². The normalized spacial score (nSPS) is 28.2. The van der Waals surface area contributed by atoms with E-state index in [1.807, 2.05) is 32.6 Å². The highest BCUT2D eigenvalue weighted by atomic mass is 16.5. The highest BCUT2D eigenvalue weighted by molar-refractivity contribution is 5.73. The molecule has 0 radical (unpaired) electrons. The van der Waals surface area contributed by atoms with Crippen LogP contribution in [0.25, 0.3) is 0 Å². The van der Waals surface area contributed by atoms with E-state index < -0.39 is 12.0 Å². The number of aliphatic carboxylic acids is 1. The molecule has 0 aliphatic carbocycles. The molecule has 2 rings (SSSR count). The Morgan fingerprint density at radius 3 is 2.19 bits per heavy atom. The number of hydrogen-bond donors (Lipinski definition) is 1. The first kappa shape index (κ1) is 16.7. The molecule has 6 nitrogen and oxygen atoms in total. The molecule has 1 atom stereocenters. The summed E-state index contributed by atoms with van der Waals surface area (Å²) in [5, 5.41) is 9.62. The van der Waals surface area contributed by atoms with Crippen molar-refractivity contribution in [3.63, 3.8) is 0 Å². The van der Waals surface area contributed by atoms with Gasteiger partial charge in [0.15, 0.2) is 0 Å². The van der Waals surface area contributed by atoms with Crippen molar-refractivity contribution in [2.75, 3.05) is 45.9 Å². The second kappa shape index (κ2) is 6.20. The zero-order valence-corrected chi connectivity index (χ0v) is 13.6. The van der Waals surface area contributed by atoms with E-state index in [0.29, 0.717) is 32.8 Å². The van der Waals surface area contributed by atoms with Crippen molar-refractivity contribution in [1.82, 2.24) is 9.80 Å². The van der Waals surface area contributed by atoms with E-state index in [0.717, 1.165) is 13.1 Å². The first-order valence-electron chi connectivity index (χ1n) is 7.66. The lowest BCUT2D eigenvalue weighted by atomic mass is 10.0. The van der Waals surface area contributed by atoms with Gasteiger partial charge in [-0.3, -0.25) is 14.6 Å². The fourth-order valence-corrected chi connectivity index (χ4v) is 3.18. The largest absolute Gasteiger partial charge is 0.480 e. The maximum Gasteiger partial charge on any atom is 0.322 e. The van der Waals surface area contributed by atoms with Gasteiger partial charge in [-0.25, -0.2) is 0 Å². The van der Waals surface area contributed by atoms with Crippen molar-refractivity contribution in [2.24, 2.45) is 0 Å². The average Bonchev–Trinajstić information content (AvgIpc) is 2.33. The lowest BCUT2D eigenvalue weighted by molar-refractivity contribution is -0.154. The van der Waals surface area contributed by atoms with Gasteiger partial charge in [0.2, 0.25) is 0 Å². The Bertz CT molecular complexity index is 384. The van der Waals surface area contributed by atoms with Gasteiger partial charge in [0.25, 0.3) is 0 Å². The lowest BCUT2D eigenvalue weighted by Gasteiger charge is -2.44. The molecule has 2 aliphatic rings. The van der Waals surface area contributed by atoms with Crippen molar-refractivity contribution in [1.29, 1.82) is 0 Å². The van der Waals surface area contributed by atoms with Crippen LogP contribution in [0.4, 0.5) is 0 Å². The number of nitrogens with zero attached hydrogens (tertiary/aromatic N) is 2. The summed E-state index contributed by atoms with van der Waals surface area (Å²) >= 11 is 0. The molecule has 0 saturated carbocycles. The van der Waals surface area contributed by atoms with Crippen molar-refractivity contribution in [3.05, 3.63) is 0 Å². The smallest absolute Gasteiger partial charge is 0.322 e. The Balaban J connectivity index is 2.00. The van der Waals surface area contributed by atoms with Crippen LogP contribution < -0.4 is 0 Å². The average molecular weight is 300 g/mol. The van der Waals surface area contributed by atoms with Crippen LogP contribution in [0.1, 0.15) is 27.7 Å². The summed E-state index contributed by atoms with van der Waals surface area (Å²) in [5.41, 5.74) is -0.484. The summed E-state index contributed by atoms with van der Waals surface area (Å²) in [4.78, 5) is 15.9. The minimum Gasteiger partial charge on any atom is -0.480 e. The molecule has 0 bridgehead atoms. The van der Waals surface area contributed by atoms with E-state index >= 15 is 0 Å². The van der Waals surface area contributed by atoms with Crippen LogP contribution in [0.3, 0.4) is 0 Å². The van der Waals surface area contributed by atoms with Gasteiger partial charge in [0.1, 0.15) is 6.04 Å². The lowest BCUT2D eigenvalue weighted by Crippen LogP contribution is -2.59. The second-order valence-electron chi connectivity index (χ2n) is 7.28. The molecular weight excluding hydrogens is 272 g/mol. The Kier molecular flexibility index (Phi) is 4.92. The molecular formula is C15H28N2O4. The van der Waals surface area contributed by atoms with Gasteiger partial charge in [-0.1, -0.05) is 0 Å². The molecule has 2 saturated heterocycles. The van der Waals surface area contributed by atoms with Crippen LogP contribution in [-0.4, -0.2) is 84.1 Å². The predicted octanol–water partition coefficient (Wildman–Crippen LogP) is 0.661. The first-order chi connectivity index (χ1) is 9.69. The minimum atomic E-state index is -0.753. The van der Waals surface area contributed by atoms with Gasteiger partial charge in [0.05, 0.1) is 24.4 Å². The Morgan fingerprint density at radius 1 is 1.10 bits per heavy atom. The topological polar surface area (TPSA) is 62.2 Å². The third-order valence-corrected chi connectivity index (χ3v) is 4.12. The number of carboxylic acids is 1. The summed E-state index contributed by atoms with van der Waals surface area (Å²) in [6.45, 7) is 12.8. The molecule has 2 aliphatic heterocycles. The Labute approximate surface area is 127 Å². The molecule has 122 valence electrons. The highest BCUT2D eigenvalue weighted by Crippen LogP contribution is 2.21. The molecule has 2 heterocycles. The number of carboxylic acid groups (broad SMARTS) is 1. The maximum atomic E-state index is 11.7. The van der Waals surface area contributed by atoms with Crippen molar-refractivity contribution in [3.8, 4) is 0 Å². The van der Waals surface area contributed by atoms with Gasteiger partial charge >= 0.3 is 5.97 Å². The van der Waals surface area contributed by atoms with Gasteiger partial charge < -0.3 is 14.6 Å². The maximum absolute atomic E-state index is 11.7. The fourth-order valence-electron chi connectivity index (χ4n) is 3.18. The van der Waals surface area contributed by atoms with Crippen LogP contribution >= 0.6 is 0 Å². The third-order valence-electron chi connectivity index (χ3n) is 4.12. The number of morpholine rings is 2. The Hall–Kier alpha value is -0.690. The summed E-state index contributed by atoms with van der Waals surface area (Å²) in [6, 6.07) is -0.484. The van der Waals surface area contributed by atoms with Crippen LogP contribution in [0.15, 0.2) is 0 Å². The summed E-state index contributed by atoms with van der Waals surface area (Å²) < 4.78 is 11.4. The summed E-state index contributed by atoms with van der Waals surface area (Å²) in [6.07, 6.45) is 0. The van der Waals surface area contributed by atoms with Crippen molar-refractivity contribution < 1.29 is 19.4 Å². The predicted molar refractivity (Wildman–Crippen MR) is 79.5 cm³/mol. The molecule has 0 amide bonds.